The maximum absolute atomic E-state index is 10.0. The molecule has 2 aromatic carbocycles. The summed E-state index contributed by atoms with van der Waals surface area (Å²) in [4.78, 5) is 5.00. The van der Waals surface area contributed by atoms with Crippen molar-refractivity contribution < 1.29 is 19.7 Å². The van der Waals surface area contributed by atoms with Gasteiger partial charge in [-0.2, -0.15) is 0 Å². The Labute approximate surface area is 112 Å². The van der Waals surface area contributed by atoms with Gasteiger partial charge in [0.05, 0.1) is 22.9 Å². The molecule has 0 aliphatic heterocycles. The van der Waals surface area contributed by atoms with Crippen LogP contribution in [0.25, 0.3) is 21.7 Å². The third kappa shape index (κ3) is 2.11. The van der Waals surface area contributed by atoms with Crippen molar-refractivity contribution in [3.63, 3.8) is 0 Å². The minimum atomic E-state index is 0.147. The standard InChI is InChI=1S/C13H9NO4S/c15-10-5-6-11(19-18-17-16)9-4-3-8-2-1-7-14-13(8)12(9)10/h1-7,15-16H. The topological polar surface area (TPSA) is 71.8 Å². The lowest BCUT2D eigenvalue weighted by molar-refractivity contribution is -0.432. The van der Waals surface area contributed by atoms with Crippen LogP contribution in [0.3, 0.4) is 0 Å². The van der Waals surface area contributed by atoms with Gasteiger partial charge in [-0.3, -0.25) is 4.98 Å². The van der Waals surface area contributed by atoms with Crippen molar-refractivity contribution in [3.05, 3.63) is 42.6 Å². The Balaban J connectivity index is 2.33. The Kier molecular flexibility index (Phi) is 3.22. The van der Waals surface area contributed by atoms with Crippen molar-refractivity contribution in [1.82, 2.24) is 4.98 Å². The largest absolute Gasteiger partial charge is 0.507 e. The van der Waals surface area contributed by atoms with Crippen LogP contribution in [-0.4, -0.2) is 15.3 Å². The summed E-state index contributed by atoms with van der Waals surface area (Å²) in [5.74, 6) is 0.147. The predicted octanol–water partition coefficient (Wildman–Crippen LogP) is 3.52. The zero-order chi connectivity index (χ0) is 13.2. The van der Waals surface area contributed by atoms with E-state index in [0.29, 0.717) is 15.8 Å². The summed E-state index contributed by atoms with van der Waals surface area (Å²) >= 11 is 0.856. The average Bonchev–Trinajstić information content (AvgIpc) is 2.46. The van der Waals surface area contributed by atoms with Crippen LogP contribution in [0.5, 0.6) is 5.75 Å². The van der Waals surface area contributed by atoms with Gasteiger partial charge in [0.2, 0.25) is 0 Å². The number of nitrogens with zero attached hydrogens (tertiary/aromatic N) is 1. The Bertz CT molecular complexity index is 747. The van der Waals surface area contributed by atoms with E-state index >= 15 is 0 Å². The molecule has 3 rings (SSSR count). The van der Waals surface area contributed by atoms with E-state index in [1.165, 1.54) is 0 Å². The monoisotopic (exact) mass is 275 g/mol. The molecule has 0 saturated heterocycles. The van der Waals surface area contributed by atoms with Crippen molar-refractivity contribution in [2.45, 2.75) is 4.90 Å². The zero-order valence-electron chi connectivity index (χ0n) is 9.61. The summed E-state index contributed by atoms with van der Waals surface area (Å²) in [5, 5.41) is 24.2. The SMILES string of the molecule is OOOSc1ccc(O)c2c1ccc1cccnc12. The molecule has 6 heteroatoms. The second kappa shape index (κ2) is 5.02. The van der Waals surface area contributed by atoms with Crippen LogP contribution in [-0.2, 0) is 9.37 Å². The van der Waals surface area contributed by atoms with Crippen LogP contribution in [0, 0.1) is 0 Å². The second-order valence-corrected chi connectivity index (χ2v) is 4.61. The number of aromatic hydroxyl groups is 1. The highest BCUT2D eigenvalue weighted by Crippen LogP contribution is 2.37. The van der Waals surface area contributed by atoms with E-state index in [1.807, 2.05) is 24.3 Å². The van der Waals surface area contributed by atoms with Crippen LogP contribution in [0.2, 0.25) is 0 Å². The summed E-state index contributed by atoms with van der Waals surface area (Å²) in [7, 11) is 0. The van der Waals surface area contributed by atoms with E-state index in [0.717, 1.165) is 22.8 Å². The van der Waals surface area contributed by atoms with Crippen molar-refractivity contribution in [2.24, 2.45) is 0 Å². The molecule has 96 valence electrons. The fourth-order valence-electron chi connectivity index (χ4n) is 2.06. The lowest BCUT2D eigenvalue weighted by Crippen LogP contribution is -1.85. The first-order valence-electron chi connectivity index (χ1n) is 5.45. The molecule has 0 atom stereocenters. The predicted molar refractivity (Wildman–Crippen MR) is 71.6 cm³/mol. The van der Waals surface area contributed by atoms with Crippen molar-refractivity contribution in [2.75, 3.05) is 0 Å². The van der Waals surface area contributed by atoms with E-state index in [4.69, 9.17) is 5.26 Å². The Morgan fingerprint density at radius 2 is 2.00 bits per heavy atom. The molecular weight excluding hydrogens is 266 g/mol. The van der Waals surface area contributed by atoms with Gasteiger partial charge in [0.15, 0.2) is 0 Å². The summed E-state index contributed by atoms with van der Waals surface area (Å²) in [5.41, 5.74) is 0.713. The van der Waals surface area contributed by atoms with Crippen LogP contribution in [0.15, 0.2) is 47.5 Å². The molecule has 3 aromatic rings. The number of phenols is 1. The van der Waals surface area contributed by atoms with Gasteiger partial charge in [0, 0.05) is 21.9 Å². The summed E-state index contributed by atoms with van der Waals surface area (Å²) in [6.45, 7) is 0. The Morgan fingerprint density at radius 1 is 1.11 bits per heavy atom. The third-order valence-electron chi connectivity index (χ3n) is 2.84. The van der Waals surface area contributed by atoms with Crippen LogP contribution < -0.4 is 0 Å². The molecule has 5 nitrogen and oxygen atoms in total. The number of benzene rings is 2. The lowest BCUT2D eigenvalue weighted by atomic mass is 10.1. The van der Waals surface area contributed by atoms with Crippen LogP contribution >= 0.6 is 12.0 Å². The van der Waals surface area contributed by atoms with Gasteiger partial charge in [-0.25, -0.2) is 5.26 Å². The average molecular weight is 275 g/mol. The quantitative estimate of drug-likeness (QED) is 0.330. The molecule has 2 N–H and O–H groups in total. The molecule has 1 aromatic heterocycles. The van der Waals surface area contributed by atoms with Gasteiger partial charge in [-0.15, -0.1) is 4.33 Å². The molecule has 0 amide bonds. The molecule has 0 spiro atoms. The first-order chi connectivity index (χ1) is 9.31. The van der Waals surface area contributed by atoms with E-state index in [1.54, 1.807) is 18.3 Å². The minimum absolute atomic E-state index is 0.147. The third-order valence-corrected chi connectivity index (χ3v) is 3.51. The van der Waals surface area contributed by atoms with E-state index in [-0.39, 0.29) is 5.75 Å². The first-order valence-corrected chi connectivity index (χ1v) is 6.19. The summed E-state index contributed by atoms with van der Waals surface area (Å²) in [6.07, 6.45) is 1.67. The highest BCUT2D eigenvalue weighted by molar-refractivity contribution is 7.94. The summed E-state index contributed by atoms with van der Waals surface area (Å²) in [6, 6.07) is 10.8. The second-order valence-electron chi connectivity index (χ2n) is 3.87. The molecule has 0 radical (unpaired) electrons. The Morgan fingerprint density at radius 3 is 2.84 bits per heavy atom. The minimum Gasteiger partial charge on any atom is -0.507 e. The van der Waals surface area contributed by atoms with Crippen LogP contribution in [0.1, 0.15) is 0 Å². The number of aromatic nitrogens is 1. The van der Waals surface area contributed by atoms with E-state index in [2.05, 4.69) is 14.4 Å². The number of hydrogen-bond acceptors (Lipinski definition) is 6. The number of hydrogen-bond donors (Lipinski definition) is 2. The molecule has 1 heterocycles. The van der Waals surface area contributed by atoms with Gasteiger partial charge in [0.1, 0.15) is 5.75 Å². The first kappa shape index (κ1) is 12.2. The number of fused-ring (bicyclic) bond motifs is 3. The van der Waals surface area contributed by atoms with Crippen molar-refractivity contribution in [1.29, 1.82) is 0 Å². The molecule has 19 heavy (non-hydrogen) atoms. The van der Waals surface area contributed by atoms with E-state index in [9.17, 15) is 5.11 Å². The molecule has 0 aliphatic carbocycles. The van der Waals surface area contributed by atoms with Gasteiger partial charge in [-0.1, -0.05) is 23.2 Å². The molecule has 0 saturated carbocycles. The molecule has 0 unspecified atom stereocenters. The number of pyridine rings is 1. The molecule has 0 fully saturated rings. The number of phenolic OH excluding ortho intramolecular Hbond substituents is 1. The normalized spacial score (nSPS) is 11.2. The molecule has 0 aliphatic rings. The summed E-state index contributed by atoms with van der Waals surface area (Å²) < 4.78 is 4.45. The lowest BCUT2D eigenvalue weighted by Gasteiger charge is -2.08. The fourth-order valence-corrected chi connectivity index (χ4v) is 2.55. The van der Waals surface area contributed by atoms with Gasteiger partial charge >= 0.3 is 0 Å². The van der Waals surface area contributed by atoms with Crippen molar-refractivity contribution >= 4 is 33.7 Å². The van der Waals surface area contributed by atoms with Gasteiger partial charge < -0.3 is 5.11 Å². The Hall–Kier alpha value is -1.86. The molecule has 0 bridgehead atoms. The van der Waals surface area contributed by atoms with E-state index < -0.39 is 0 Å². The fraction of sp³-hybridized carbons (Fsp3) is 0. The smallest absolute Gasteiger partial charge is 0.125 e. The van der Waals surface area contributed by atoms with Crippen LogP contribution in [0.4, 0.5) is 0 Å². The maximum atomic E-state index is 10.0. The number of rotatable bonds is 3. The maximum Gasteiger partial charge on any atom is 0.125 e. The van der Waals surface area contributed by atoms with Gasteiger partial charge in [-0.05, 0) is 18.2 Å². The highest BCUT2D eigenvalue weighted by atomic mass is 32.2. The van der Waals surface area contributed by atoms with Gasteiger partial charge in [0.25, 0.3) is 0 Å². The zero-order valence-corrected chi connectivity index (χ0v) is 10.4. The highest BCUT2D eigenvalue weighted by Gasteiger charge is 2.11. The van der Waals surface area contributed by atoms with Crippen molar-refractivity contribution in [3.8, 4) is 5.75 Å². The molecular formula is C13H9NO4S.